The van der Waals surface area contributed by atoms with Crippen molar-refractivity contribution in [2.75, 3.05) is 6.61 Å². The average Bonchev–Trinajstić information content (AvgIpc) is 2.90. The van der Waals surface area contributed by atoms with Crippen molar-refractivity contribution >= 4 is 22.6 Å². The monoisotopic (exact) mass is 292 g/mol. The average molecular weight is 292 g/mol. The molecule has 0 N–H and O–H groups in total. The van der Waals surface area contributed by atoms with E-state index in [9.17, 15) is 4.39 Å². The Hall–Kier alpha value is -0.320. The van der Waals surface area contributed by atoms with Gasteiger partial charge in [0.25, 0.3) is 0 Å². The lowest BCUT2D eigenvalue weighted by Crippen LogP contribution is -2.00. The fourth-order valence-corrected chi connectivity index (χ4v) is 1.57. The van der Waals surface area contributed by atoms with E-state index < -0.39 is 0 Å². The second-order valence-corrected chi connectivity index (χ2v) is 4.49. The summed E-state index contributed by atoms with van der Waals surface area (Å²) >= 11 is 2.15. The van der Waals surface area contributed by atoms with Crippen molar-refractivity contribution in [3.8, 4) is 5.75 Å². The zero-order chi connectivity index (χ0) is 9.26. The molecule has 1 aliphatic carbocycles. The molecule has 70 valence electrons. The van der Waals surface area contributed by atoms with E-state index in [0.29, 0.717) is 11.7 Å². The van der Waals surface area contributed by atoms with Crippen LogP contribution in [0.2, 0.25) is 0 Å². The minimum absolute atomic E-state index is 0.230. The summed E-state index contributed by atoms with van der Waals surface area (Å²) in [6.07, 6.45) is 2.51. The molecule has 3 heteroatoms. The van der Waals surface area contributed by atoms with Gasteiger partial charge in [0.05, 0.1) is 10.2 Å². The molecule has 1 nitrogen and oxygen atoms in total. The topological polar surface area (TPSA) is 9.23 Å². The van der Waals surface area contributed by atoms with E-state index in [1.165, 1.54) is 25.0 Å². The van der Waals surface area contributed by atoms with E-state index in [2.05, 4.69) is 22.6 Å². The van der Waals surface area contributed by atoms with E-state index in [4.69, 9.17) is 4.74 Å². The minimum atomic E-state index is -0.230. The fraction of sp³-hybridized carbons (Fsp3) is 0.400. The molecule has 0 radical (unpaired) electrons. The molecule has 13 heavy (non-hydrogen) atoms. The van der Waals surface area contributed by atoms with E-state index in [1.807, 2.05) is 0 Å². The highest BCUT2D eigenvalue weighted by atomic mass is 127. The predicted molar refractivity (Wildman–Crippen MR) is 57.3 cm³/mol. The molecule has 2 rings (SSSR count). The maximum absolute atomic E-state index is 12.8. The molecule has 0 aliphatic heterocycles. The molecule has 1 fully saturated rings. The largest absolute Gasteiger partial charge is 0.492 e. The van der Waals surface area contributed by atoms with Crippen LogP contribution in [0.4, 0.5) is 4.39 Å². The molecule has 1 aromatic rings. The zero-order valence-corrected chi connectivity index (χ0v) is 9.25. The lowest BCUT2D eigenvalue weighted by Gasteiger charge is -2.06. The van der Waals surface area contributed by atoms with Gasteiger partial charge in [-0.05, 0) is 53.5 Å². The lowest BCUT2D eigenvalue weighted by atomic mass is 10.3. The van der Waals surface area contributed by atoms with Gasteiger partial charge in [0, 0.05) is 6.07 Å². The third kappa shape index (κ3) is 2.56. The molecule has 0 heterocycles. The van der Waals surface area contributed by atoms with Gasteiger partial charge in [-0.15, -0.1) is 0 Å². The van der Waals surface area contributed by atoms with Crippen LogP contribution >= 0.6 is 22.6 Å². The van der Waals surface area contributed by atoms with E-state index >= 15 is 0 Å². The molecular weight excluding hydrogens is 282 g/mol. The van der Waals surface area contributed by atoms with Crippen LogP contribution < -0.4 is 4.74 Å². The van der Waals surface area contributed by atoms with Crippen molar-refractivity contribution in [2.24, 2.45) is 5.92 Å². The van der Waals surface area contributed by atoms with Crippen molar-refractivity contribution in [3.05, 3.63) is 27.6 Å². The third-order valence-corrected chi connectivity index (χ3v) is 2.96. The zero-order valence-electron chi connectivity index (χ0n) is 7.09. The summed E-state index contributed by atoms with van der Waals surface area (Å²) in [5.74, 6) is 1.15. The summed E-state index contributed by atoms with van der Waals surface area (Å²) < 4.78 is 19.3. The molecule has 0 bridgehead atoms. The van der Waals surface area contributed by atoms with Gasteiger partial charge in [0.2, 0.25) is 0 Å². The first-order valence-electron chi connectivity index (χ1n) is 4.33. The Morgan fingerprint density at radius 2 is 2.23 bits per heavy atom. The molecule has 0 aromatic heterocycles. The van der Waals surface area contributed by atoms with Crippen molar-refractivity contribution in [1.29, 1.82) is 0 Å². The highest BCUT2D eigenvalue weighted by molar-refractivity contribution is 14.1. The Labute approximate surface area is 90.4 Å². The Morgan fingerprint density at radius 3 is 2.92 bits per heavy atom. The standard InChI is InChI=1S/C10H10FIO/c11-8-3-4-9(12)10(5-8)13-6-7-1-2-7/h3-5,7H,1-2,6H2. The van der Waals surface area contributed by atoms with E-state index in [-0.39, 0.29) is 5.82 Å². The summed E-state index contributed by atoms with van der Waals surface area (Å²) in [6, 6.07) is 4.63. The van der Waals surface area contributed by atoms with Gasteiger partial charge < -0.3 is 4.74 Å². The molecule has 1 aliphatic rings. The Kier molecular flexibility index (Phi) is 2.71. The van der Waals surface area contributed by atoms with E-state index in [1.54, 1.807) is 6.07 Å². The molecular formula is C10H10FIO. The van der Waals surface area contributed by atoms with Gasteiger partial charge in [0.1, 0.15) is 11.6 Å². The second-order valence-electron chi connectivity index (χ2n) is 3.33. The second kappa shape index (κ2) is 3.82. The normalized spacial score (nSPS) is 15.8. The number of rotatable bonds is 3. The first-order valence-corrected chi connectivity index (χ1v) is 5.41. The number of ether oxygens (including phenoxy) is 1. The summed E-state index contributed by atoms with van der Waals surface area (Å²) in [6.45, 7) is 0.736. The summed E-state index contributed by atoms with van der Waals surface area (Å²) in [5.41, 5.74) is 0. The number of hydrogen-bond donors (Lipinski definition) is 0. The highest BCUT2D eigenvalue weighted by Crippen LogP contribution is 2.30. The molecule has 1 saturated carbocycles. The number of benzene rings is 1. The summed E-state index contributed by atoms with van der Waals surface area (Å²) in [4.78, 5) is 0. The van der Waals surface area contributed by atoms with Crippen molar-refractivity contribution in [2.45, 2.75) is 12.8 Å². The molecule has 1 aromatic carbocycles. The van der Waals surface area contributed by atoms with Crippen molar-refractivity contribution in [1.82, 2.24) is 0 Å². The molecule has 0 amide bonds. The Morgan fingerprint density at radius 1 is 1.46 bits per heavy atom. The molecule has 0 saturated heterocycles. The van der Waals surface area contributed by atoms with Crippen LogP contribution in [0.25, 0.3) is 0 Å². The number of hydrogen-bond acceptors (Lipinski definition) is 1. The first-order chi connectivity index (χ1) is 6.25. The maximum atomic E-state index is 12.8. The van der Waals surface area contributed by atoms with Crippen LogP contribution in [0.5, 0.6) is 5.75 Å². The fourth-order valence-electron chi connectivity index (χ4n) is 1.08. The smallest absolute Gasteiger partial charge is 0.135 e. The van der Waals surface area contributed by atoms with Crippen LogP contribution in [0, 0.1) is 15.3 Å². The minimum Gasteiger partial charge on any atom is -0.492 e. The van der Waals surface area contributed by atoms with Gasteiger partial charge >= 0.3 is 0 Å². The van der Waals surface area contributed by atoms with Crippen molar-refractivity contribution < 1.29 is 9.13 Å². The highest BCUT2D eigenvalue weighted by Gasteiger charge is 2.22. The predicted octanol–water partition coefficient (Wildman–Crippen LogP) is 3.22. The van der Waals surface area contributed by atoms with Crippen LogP contribution in [0.3, 0.4) is 0 Å². The third-order valence-electron chi connectivity index (χ3n) is 2.06. The van der Waals surface area contributed by atoms with Crippen LogP contribution in [0.15, 0.2) is 18.2 Å². The van der Waals surface area contributed by atoms with Gasteiger partial charge in [0.15, 0.2) is 0 Å². The molecule has 0 atom stereocenters. The quantitative estimate of drug-likeness (QED) is 0.777. The summed E-state index contributed by atoms with van der Waals surface area (Å²) in [7, 11) is 0. The van der Waals surface area contributed by atoms with Crippen LogP contribution in [0.1, 0.15) is 12.8 Å². The van der Waals surface area contributed by atoms with Crippen molar-refractivity contribution in [3.63, 3.8) is 0 Å². The Balaban J connectivity index is 2.03. The van der Waals surface area contributed by atoms with Crippen LogP contribution in [-0.4, -0.2) is 6.61 Å². The SMILES string of the molecule is Fc1ccc(I)c(OCC2CC2)c1. The lowest BCUT2D eigenvalue weighted by molar-refractivity contribution is 0.296. The van der Waals surface area contributed by atoms with Gasteiger partial charge in [-0.2, -0.15) is 0 Å². The number of halogens is 2. The molecule has 0 unspecified atom stereocenters. The maximum Gasteiger partial charge on any atom is 0.135 e. The van der Waals surface area contributed by atoms with Crippen LogP contribution in [-0.2, 0) is 0 Å². The van der Waals surface area contributed by atoms with Gasteiger partial charge in [-0.1, -0.05) is 0 Å². The van der Waals surface area contributed by atoms with E-state index in [0.717, 1.165) is 10.2 Å². The summed E-state index contributed by atoms with van der Waals surface area (Å²) in [5, 5.41) is 0. The molecule has 0 spiro atoms. The first kappa shape index (κ1) is 9.24. The van der Waals surface area contributed by atoms with Gasteiger partial charge in [-0.3, -0.25) is 0 Å². The van der Waals surface area contributed by atoms with Gasteiger partial charge in [-0.25, -0.2) is 4.39 Å². The Bertz CT molecular complexity index is 310.